The number of rotatable bonds is 6. The topological polar surface area (TPSA) is 84.7 Å². The maximum absolute atomic E-state index is 12.3. The lowest BCUT2D eigenvalue weighted by Crippen LogP contribution is -2.45. The first kappa shape index (κ1) is 21.1. The van der Waals surface area contributed by atoms with Crippen molar-refractivity contribution in [3.8, 4) is 0 Å². The van der Waals surface area contributed by atoms with Crippen LogP contribution in [-0.2, 0) is 19.7 Å². The predicted octanol–water partition coefficient (Wildman–Crippen LogP) is 2.23. The summed E-state index contributed by atoms with van der Waals surface area (Å²) in [6.45, 7) is 2.97. The average molecular weight is 408 g/mol. The lowest BCUT2D eigenvalue weighted by atomic mass is 9.68. The van der Waals surface area contributed by atoms with Gasteiger partial charge in [-0.2, -0.15) is 0 Å². The zero-order chi connectivity index (χ0) is 20.0. The van der Waals surface area contributed by atoms with Crippen LogP contribution in [0, 0.1) is 0 Å². The van der Waals surface area contributed by atoms with Gasteiger partial charge in [-0.25, -0.2) is 0 Å². The number of nitrogens with zero attached hydrogens (tertiary/aromatic N) is 1. The average Bonchev–Trinajstić information content (AvgIpc) is 2.73. The van der Waals surface area contributed by atoms with Gasteiger partial charge in [-0.1, -0.05) is 23.7 Å². The van der Waals surface area contributed by atoms with Crippen LogP contribution >= 0.6 is 11.6 Å². The number of hydrogen-bond acceptors (Lipinski definition) is 4. The van der Waals surface area contributed by atoms with E-state index in [9.17, 15) is 9.59 Å². The Labute approximate surface area is 171 Å². The first-order valence-electron chi connectivity index (χ1n) is 10.1. The summed E-state index contributed by atoms with van der Waals surface area (Å²) in [5.41, 5.74) is 7.25. The number of carbonyl (C=O) groups is 2. The zero-order valence-electron chi connectivity index (χ0n) is 16.3. The molecular formula is C21H30ClN3O3. The summed E-state index contributed by atoms with van der Waals surface area (Å²) in [7, 11) is 0. The fraction of sp³-hybridized carbons (Fsp3) is 0.619. The van der Waals surface area contributed by atoms with Crippen LogP contribution < -0.4 is 11.1 Å². The van der Waals surface area contributed by atoms with E-state index < -0.39 is 0 Å². The molecule has 1 aromatic carbocycles. The predicted molar refractivity (Wildman–Crippen MR) is 109 cm³/mol. The molecule has 6 nitrogen and oxygen atoms in total. The third-order valence-electron chi connectivity index (χ3n) is 6.07. The first-order valence-corrected chi connectivity index (χ1v) is 10.5. The lowest BCUT2D eigenvalue weighted by molar-refractivity contribution is -0.137. The summed E-state index contributed by atoms with van der Waals surface area (Å²) in [5.74, 6) is -0.0141. The molecular weight excluding hydrogens is 378 g/mol. The standard InChI is InChI=1S/C21H30ClN3O3/c22-17-3-1-2-16(14-17)21(15-23)8-6-18(7-9-21)24-19(26)4-5-20(27)25-10-12-28-13-11-25/h1-3,14,18H,4-13,15,23H2,(H,24,26). The minimum atomic E-state index is -0.0710. The van der Waals surface area contributed by atoms with Crippen LogP contribution in [0.2, 0.25) is 5.02 Å². The van der Waals surface area contributed by atoms with Crippen LogP contribution in [0.1, 0.15) is 44.1 Å². The Morgan fingerprint density at radius 2 is 1.93 bits per heavy atom. The second kappa shape index (κ2) is 9.72. The molecule has 154 valence electrons. The Morgan fingerprint density at radius 1 is 1.21 bits per heavy atom. The fourth-order valence-electron chi connectivity index (χ4n) is 4.23. The van der Waals surface area contributed by atoms with Crippen LogP contribution in [0.15, 0.2) is 24.3 Å². The van der Waals surface area contributed by atoms with Crippen molar-refractivity contribution in [2.24, 2.45) is 5.73 Å². The van der Waals surface area contributed by atoms with E-state index in [1.165, 1.54) is 5.56 Å². The number of amides is 2. The molecule has 1 heterocycles. The molecule has 1 saturated heterocycles. The van der Waals surface area contributed by atoms with Crippen molar-refractivity contribution < 1.29 is 14.3 Å². The molecule has 0 aromatic heterocycles. The smallest absolute Gasteiger partial charge is 0.223 e. The third-order valence-corrected chi connectivity index (χ3v) is 6.30. The van der Waals surface area contributed by atoms with Crippen LogP contribution in [0.5, 0.6) is 0 Å². The second-order valence-corrected chi connectivity index (χ2v) is 8.27. The van der Waals surface area contributed by atoms with E-state index in [0.29, 0.717) is 32.8 Å². The number of ether oxygens (including phenoxy) is 1. The Bertz CT molecular complexity index is 683. The summed E-state index contributed by atoms with van der Waals surface area (Å²) < 4.78 is 5.25. The minimum Gasteiger partial charge on any atom is -0.378 e. The van der Waals surface area contributed by atoms with E-state index in [-0.39, 0.29) is 36.1 Å². The molecule has 3 N–H and O–H groups in total. The lowest BCUT2D eigenvalue weighted by Gasteiger charge is -2.40. The monoisotopic (exact) mass is 407 g/mol. The SMILES string of the molecule is NCC1(c2cccc(Cl)c2)CCC(NC(=O)CCC(=O)N2CCOCC2)CC1. The van der Waals surface area contributed by atoms with Crippen LogP contribution in [0.3, 0.4) is 0 Å². The van der Waals surface area contributed by atoms with E-state index in [1.807, 2.05) is 18.2 Å². The van der Waals surface area contributed by atoms with Crippen molar-refractivity contribution in [3.63, 3.8) is 0 Å². The molecule has 1 aromatic rings. The molecule has 2 aliphatic rings. The molecule has 0 bridgehead atoms. The van der Waals surface area contributed by atoms with Gasteiger partial charge >= 0.3 is 0 Å². The van der Waals surface area contributed by atoms with Gasteiger partial charge in [0.1, 0.15) is 0 Å². The van der Waals surface area contributed by atoms with Crippen molar-refractivity contribution in [3.05, 3.63) is 34.9 Å². The maximum atomic E-state index is 12.3. The van der Waals surface area contributed by atoms with Gasteiger partial charge in [-0.15, -0.1) is 0 Å². The fourth-order valence-corrected chi connectivity index (χ4v) is 4.43. The molecule has 0 unspecified atom stereocenters. The number of halogens is 1. The molecule has 2 fully saturated rings. The molecule has 3 rings (SSSR count). The molecule has 7 heteroatoms. The summed E-state index contributed by atoms with van der Waals surface area (Å²) in [5, 5.41) is 3.83. The van der Waals surface area contributed by atoms with Gasteiger partial charge in [0.05, 0.1) is 13.2 Å². The van der Waals surface area contributed by atoms with Gasteiger partial charge in [0.15, 0.2) is 0 Å². The van der Waals surface area contributed by atoms with Gasteiger partial charge in [-0.3, -0.25) is 9.59 Å². The highest BCUT2D eigenvalue weighted by Crippen LogP contribution is 2.39. The summed E-state index contributed by atoms with van der Waals surface area (Å²) in [6.07, 6.45) is 4.10. The Hall–Kier alpha value is -1.63. The van der Waals surface area contributed by atoms with Crippen molar-refractivity contribution in [1.29, 1.82) is 0 Å². The van der Waals surface area contributed by atoms with Crippen molar-refractivity contribution in [2.45, 2.75) is 50.0 Å². The highest BCUT2D eigenvalue weighted by Gasteiger charge is 2.36. The normalized spacial score (nSPS) is 25.4. The molecule has 1 aliphatic heterocycles. The van der Waals surface area contributed by atoms with E-state index in [1.54, 1.807) is 4.90 Å². The Balaban J connectivity index is 1.45. The minimum absolute atomic E-state index is 0.0326. The second-order valence-electron chi connectivity index (χ2n) is 7.83. The van der Waals surface area contributed by atoms with Crippen molar-refractivity contribution >= 4 is 23.4 Å². The third kappa shape index (κ3) is 5.25. The van der Waals surface area contributed by atoms with Gasteiger partial charge in [-0.05, 0) is 43.4 Å². The van der Waals surface area contributed by atoms with E-state index in [2.05, 4.69) is 11.4 Å². The Kier molecular flexibility index (Phi) is 7.32. The highest BCUT2D eigenvalue weighted by molar-refractivity contribution is 6.30. The summed E-state index contributed by atoms with van der Waals surface area (Å²) in [6, 6.07) is 8.08. The van der Waals surface area contributed by atoms with Crippen molar-refractivity contribution in [1.82, 2.24) is 10.2 Å². The largest absolute Gasteiger partial charge is 0.378 e. The number of benzene rings is 1. The van der Waals surface area contributed by atoms with E-state index in [4.69, 9.17) is 22.1 Å². The summed E-state index contributed by atoms with van der Waals surface area (Å²) >= 11 is 6.16. The maximum Gasteiger partial charge on any atom is 0.223 e. The van der Waals surface area contributed by atoms with Crippen LogP contribution in [-0.4, -0.2) is 55.6 Å². The van der Waals surface area contributed by atoms with E-state index >= 15 is 0 Å². The number of morpholine rings is 1. The molecule has 0 radical (unpaired) electrons. The number of nitrogens with two attached hydrogens (primary N) is 1. The number of hydrogen-bond donors (Lipinski definition) is 2. The van der Waals surface area contributed by atoms with Gasteiger partial charge in [0.2, 0.25) is 11.8 Å². The first-order chi connectivity index (χ1) is 13.5. The van der Waals surface area contributed by atoms with Gasteiger partial charge in [0.25, 0.3) is 0 Å². The zero-order valence-corrected chi connectivity index (χ0v) is 17.0. The van der Waals surface area contributed by atoms with Gasteiger partial charge < -0.3 is 20.7 Å². The number of nitrogens with one attached hydrogen (secondary N) is 1. The number of carbonyl (C=O) groups excluding carboxylic acids is 2. The Morgan fingerprint density at radius 3 is 2.57 bits per heavy atom. The van der Waals surface area contributed by atoms with Crippen LogP contribution in [0.4, 0.5) is 0 Å². The molecule has 0 atom stereocenters. The van der Waals surface area contributed by atoms with Gasteiger partial charge in [0, 0.05) is 49.0 Å². The van der Waals surface area contributed by atoms with Crippen molar-refractivity contribution in [2.75, 3.05) is 32.8 Å². The molecule has 2 amide bonds. The summed E-state index contributed by atoms with van der Waals surface area (Å²) in [4.78, 5) is 26.2. The van der Waals surface area contributed by atoms with Crippen LogP contribution in [0.25, 0.3) is 0 Å². The molecule has 1 aliphatic carbocycles. The quantitative estimate of drug-likeness (QED) is 0.757. The highest BCUT2D eigenvalue weighted by atomic mass is 35.5. The molecule has 0 spiro atoms. The molecule has 1 saturated carbocycles. The van der Waals surface area contributed by atoms with E-state index in [0.717, 1.165) is 30.7 Å². The molecule has 28 heavy (non-hydrogen) atoms.